The van der Waals surface area contributed by atoms with E-state index in [1.54, 1.807) is 0 Å². The van der Waals surface area contributed by atoms with Gasteiger partial charge in [-0.05, 0) is 19.4 Å². The number of hydrogen-bond donors (Lipinski definition) is 1. The summed E-state index contributed by atoms with van der Waals surface area (Å²) in [4.78, 5) is 4.85. The van der Waals surface area contributed by atoms with Crippen molar-refractivity contribution in [2.45, 2.75) is 26.5 Å². The molecule has 1 aromatic heterocycles. The zero-order valence-corrected chi connectivity index (χ0v) is 14.9. The van der Waals surface area contributed by atoms with E-state index in [9.17, 15) is 5.11 Å². The molecule has 1 aromatic carbocycles. The minimum atomic E-state index is -0.402. The van der Waals surface area contributed by atoms with Crippen molar-refractivity contribution in [2.75, 3.05) is 32.7 Å². The quantitative estimate of drug-likeness (QED) is 0.910. The van der Waals surface area contributed by atoms with Crippen molar-refractivity contribution >= 4 is 0 Å². The molecule has 1 atom stereocenters. The molecule has 1 fully saturated rings. The second kappa shape index (κ2) is 7.47. The lowest BCUT2D eigenvalue weighted by atomic mass is 10.1. The van der Waals surface area contributed by atoms with Gasteiger partial charge in [0.15, 0.2) is 0 Å². The molecular weight excluding hydrogens is 300 g/mol. The van der Waals surface area contributed by atoms with Gasteiger partial charge in [0.1, 0.15) is 0 Å². The molecule has 24 heavy (non-hydrogen) atoms. The van der Waals surface area contributed by atoms with Crippen LogP contribution < -0.4 is 0 Å². The number of rotatable bonds is 5. The fourth-order valence-electron chi connectivity index (χ4n) is 3.43. The van der Waals surface area contributed by atoms with Gasteiger partial charge in [0, 0.05) is 57.6 Å². The highest BCUT2D eigenvalue weighted by Gasteiger charge is 2.21. The van der Waals surface area contributed by atoms with Gasteiger partial charge in [-0.3, -0.25) is 14.5 Å². The van der Waals surface area contributed by atoms with E-state index >= 15 is 0 Å². The smallest absolute Gasteiger partial charge is 0.0916 e. The minimum absolute atomic E-state index is 0.402. The zero-order valence-electron chi connectivity index (χ0n) is 14.9. The van der Waals surface area contributed by atoms with Crippen LogP contribution >= 0.6 is 0 Å². The first-order chi connectivity index (χ1) is 11.5. The monoisotopic (exact) mass is 328 g/mol. The molecule has 0 saturated carbocycles. The van der Waals surface area contributed by atoms with Gasteiger partial charge >= 0.3 is 0 Å². The summed E-state index contributed by atoms with van der Waals surface area (Å²) in [5.41, 5.74) is 4.75. The molecule has 1 aliphatic heterocycles. The highest BCUT2D eigenvalue weighted by molar-refractivity contribution is 5.24. The van der Waals surface area contributed by atoms with Crippen LogP contribution in [0, 0.1) is 13.8 Å². The van der Waals surface area contributed by atoms with Crippen molar-refractivity contribution in [3.05, 3.63) is 52.8 Å². The zero-order chi connectivity index (χ0) is 17.1. The van der Waals surface area contributed by atoms with E-state index in [0.29, 0.717) is 6.54 Å². The number of β-amino-alcohol motifs (C(OH)–C–C–N with tert-alkyl or cyclic N) is 1. The van der Waals surface area contributed by atoms with Crippen molar-refractivity contribution in [1.82, 2.24) is 19.6 Å². The fraction of sp³-hybridized carbons (Fsp3) is 0.526. The molecule has 0 unspecified atom stereocenters. The molecule has 2 heterocycles. The molecule has 1 aliphatic rings. The first kappa shape index (κ1) is 17.1. The maximum atomic E-state index is 10.4. The maximum Gasteiger partial charge on any atom is 0.0916 e. The summed E-state index contributed by atoms with van der Waals surface area (Å²) in [6.45, 7) is 10.00. The molecule has 3 rings (SSSR count). The van der Waals surface area contributed by atoms with Crippen LogP contribution in [0.15, 0.2) is 30.3 Å². The number of piperazine rings is 1. The predicted molar refractivity (Wildman–Crippen MR) is 95.8 cm³/mol. The summed E-state index contributed by atoms with van der Waals surface area (Å²) in [7, 11) is 2.01. The van der Waals surface area contributed by atoms with E-state index in [1.807, 2.05) is 42.1 Å². The number of aryl methyl sites for hydroxylation is 2. The van der Waals surface area contributed by atoms with Gasteiger partial charge in [0.2, 0.25) is 0 Å². The molecule has 2 aromatic rings. The molecule has 5 nitrogen and oxygen atoms in total. The van der Waals surface area contributed by atoms with Crippen LogP contribution in [0.1, 0.15) is 28.6 Å². The Hall–Kier alpha value is -1.69. The second-order valence-electron chi connectivity index (χ2n) is 6.78. The summed E-state index contributed by atoms with van der Waals surface area (Å²) in [6.07, 6.45) is -0.402. The van der Waals surface area contributed by atoms with E-state index < -0.39 is 6.10 Å². The average molecular weight is 328 g/mol. The first-order valence-corrected chi connectivity index (χ1v) is 8.71. The Morgan fingerprint density at radius 1 is 1.04 bits per heavy atom. The van der Waals surface area contributed by atoms with Crippen LogP contribution in [-0.4, -0.2) is 57.4 Å². The molecule has 130 valence electrons. The van der Waals surface area contributed by atoms with E-state index in [4.69, 9.17) is 0 Å². The molecule has 0 radical (unpaired) electrons. The Labute approximate surface area is 144 Å². The van der Waals surface area contributed by atoms with Gasteiger partial charge in [-0.1, -0.05) is 30.3 Å². The van der Waals surface area contributed by atoms with Gasteiger partial charge in [0.05, 0.1) is 11.8 Å². The minimum Gasteiger partial charge on any atom is -0.387 e. The SMILES string of the molecule is Cc1nn(C)c(C)c1CN1CCN(C[C@H](O)c2ccccc2)CC1. The fourth-order valence-corrected chi connectivity index (χ4v) is 3.43. The Kier molecular flexibility index (Phi) is 5.33. The molecule has 0 amide bonds. The Balaban J connectivity index is 1.51. The van der Waals surface area contributed by atoms with Crippen LogP contribution in [0.25, 0.3) is 0 Å². The Morgan fingerprint density at radius 3 is 2.25 bits per heavy atom. The first-order valence-electron chi connectivity index (χ1n) is 8.71. The standard InChI is InChI=1S/C19H28N4O/c1-15-18(16(2)21(3)20-15)13-22-9-11-23(12-10-22)14-19(24)17-7-5-4-6-8-17/h4-8,19,24H,9-14H2,1-3H3/t19-/m0/s1. The van der Waals surface area contributed by atoms with Crippen molar-refractivity contribution in [3.8, 4) is 0 Å². The van der Waals surface area contributed by atoms with Crippen LogP contribution in [-0.2, 0) is 13.6 Å². The van der Waals surface area contributed by atoms with E-state index in [2.05, 4.69) is 28.7 Å². The summed E-state index contributed by atoms with van der Waals surface area (Å²) in [5.74, 6) is 0. The number of benzene rings is 1. The molecule has 0 spiro atoms. The van der Waals surface area contributed by atoms with Crippen LogP contribution in [0.5, 0.6) is 0 Å². The van der Waals surface area contributed by atoms with Crippen LogP contribution in [0.3, 0.4) is 0 Å². The van der Waals surface area contributed by atoms with E-state index in [1.165, 1.54) is 11.3 Å². The Bertz CT molecular complexity index is 660. The second-order valence-corrected chi connectivity index (χ2v) is 6.78. The number of aliphatic hydroxyl groups excluding tert-OH is 1. The third kappa shape index (κ3) is 3.86. The summed E-state index contributed by atoms with van der Waals surface area (Å²) in [6, 6.07) is 9.94. The third-order valence-electron chi connectivity index (χ3n) is 5.12. The largest absolute Gasteiger partial charge is 0.387 e. The molecule has 5 heteroatoms. The number of aromatic nitrogens is 2. The Morgan fingerprint density at radius 2 is 1.67 bits per heavy atom. The van der Waals surface area contributed by atoms with Crippen molar-refractivity contribution < 1.29 is 5.11 Å². The predicted octanol–water partition coefficient (Wildman–Crippen LogP) is 1.89. The topological polar surface area (TPSA) is 44.5 Å². The summed E-state index contributed by atoms with van der Waals surface area (Å²) in [5, 5.41) is 14.9. The van der Waals surface area contributed by atoms with E-state index in [-0.39, 0.29) is 0 Å². The van der Waals surface area contributed by atoms with Crippen molar-refractivity contribution in [1.29, 1.82) is 0 Å². The summed E-state index contributed by atoms with van der Waals surface area (Å²) < 4.78 is 1.97. The molecule has 1 N–H and O–H groups in total. The van der Waals surface area contributed by atoms with Crippen molar-refractivity contribution in [2.24, 2.45) is 7.05 Å². The lowest BCUT2D eigenvalue weighted by molar-refractivity contribution is 0.0700. The van der Waals surface area contributed by atoms with Gasteiger partial charge in [-0.2, -0.15) is 5.10 Å². The molecule has 0 bridgehead atoms. The summed E-state index contributed by atoms with van der Waals surface area (Å²) >= 11 is 0. The van der Waals surface area contributed by atoms with Crippen LogP contribution in [0.2, 0.25) is 0 Å². The van der Waals surface area contributed by atoms with E-state index in [0.717, 1.165) is 44.0 Å². The highest BCUT2D eigenvalue weighted by atomic mass is 16.3. The molecule has 1 saturated heterocycles. The van der Waals surface area contributed by atoms with Gasteiger partial charge in [-0.15, -0.1) is 0 Å². The lowest BCUT2D eigenvalue weighted by Crippen LogP contribution is -2.47. The van der Waals surface area contributed by atoms with Crippen LogP contribution in [0.4, 0.5) is 0 Å². The number of nitrogens with zero attached hydrogens (tertiary/aromatic N) is 4. The highest BCUT2D eigenvalue weighted by Crippen LogP contribution is 2.18. The number of hydrogen-bond acceptors (Lipinski definition) is 4. The van der Waals surface area contributed by atoms with Crippen molar-refractivity contribution in [3.63, 3.8) is 0 Å². The normalized spacial score (nSPS) is 18.0. The third-order valence-corrected chi connectivity index (χ3v) is 5.12. The van der Waals surface area contributed by atoms with Gasteiger partial charge in [0.25, 0.3) is 0 Å². The molecule has 0 aliphatic carbocycles. The maximum absolute atomic E-state index is 10.4. The number of aliphatic hydroxyl groups is 1. The lowest BCUT2D eigenvalue weighted by Gasteiger charge is -2.35. The van der Waals surface area contributed by atoms with Gasteiger partial charge in [-0.25, -0.2) is 0 Å². The van der Waals surface area contributed by atoms with Gasteiger partial charge < -0.3 is 5.11 Å². The average Bonchev–Trinajstić information content (AvgIpc) is 2.83. The molecular formula is C19H28N4O.